The highest BCUT2D eigenvalue weighted by Crippen LogP contribution is 2.59. The third-order valence-electron chi connectivity index (χ3n) is 13.0. The van der Waals surface area contributed by atoms with Gasteiger partial charge in [0.1, 0.15) is 0 Å². The summed E-state index contributed by atoms with van der Waals surface area (Å²) in [6, 6.07) is 78.7. The molecular formula is C60H39NS3. The number of thiophene rings is 2. The molecule has 302 valence electrons. The van der Waals surface area contributed by atoms with Gasteiger partial charge in [0.25, 0.3) is 0 Å². The van der Waals surface area contributed by atoms with E-state index in [2.05, 4.69) is 229 Å². The molecule has 1 nitrogen and oxygen atoms in total. The lowest BCUT2D eigenvalue weighted by Gasteiger charge is -2.37. The standard InChI is InChI=1S/C60H39NS3/c1-5-16-38(17-6-1)42-28-30-48-55(36-42)64-60-46(41-22-11-4-12-23-41)31-33-51(56(48)60)61(43-29-34-53-50(37-43)47-24-13-14-27-52(47)62-53)58-44(39-18-7-2-8-19-39)32-35-54-57(58)49-26-15-25-45(59(49)63-54)40-20-9-3-10-21-40/h1-37,54,57H. The predicted molar refractivity (Wildman–Crippen MR) is 278 cm³/mol. The number of allylic oxidation sites excluding steroid dienone is 3. The van der Waals surface area contributed by atoms with Gasteiger partial charge in [-0.1, -0.05) is 188 Å². The highest BCUT2D eigenvalue weighted by Gasteiger charge is 2.42. The van der Waals surface area contributed by atoms with Crippen LogP contribution in [0.3, 0.4) is 0 Å². The van der Waals surface area contributed by atoms with Gasteiger partial charge < -0.3 is 4.90 Å². The van der Waals surface area contributed by atoms with Crippen molar-refractivity contribution in [3.05, 3.63) is 241 Å². The summed E-state index contributed by atoms with van der Waals surface area (Å²) in [4.78, 5) is 4.05. The molecule has 2 atom stereocenters. The molecule has 64 heavy (non-hydrogen) atoms. The number of nitrogens with zero attached hydrogens (tertiary/aromatic N) is 1. The molecule has 0 radical (unpaired) electrons. The molecule has 2 aromatic heterocycles. The van der Waals surface area contributed by atoms with Crippen molar-refractivity contribution in [2.75, 3.05) is 4.90 Å². The van der Waals surface area contributed by atoms with Gasteiger partial charge in [0.05, 0.1) is 5.69 Å². The molecule has 9 aromatic carbocycles. The third kappa shape index (κ3) is 6.12. The second kappa shape index (κ2) is 15.4. The van der Waals surface area contributed by atoms with E-state index in [9.17, 15) is 0 Å². The molecule has 0 N–H and O–H groups in total. The van der Waals surface area contributed by atoms with Crippen LogP contribution in [-0.4, -0.2) is 5.25 Å². The number of benzene rings is 9. The van der Waals surface area contributed by atoms with Crippen LogP contribution in [0, 0.1) is 0 Å². The Balaban J connectivity index is 1.14. The first-order chi connectivity index (χ1) is 31.7. The maximum atomic E-state index is 2.68. The third-order valence-corrected chi connectivity index (χ3v) is 16.8. The lowest BCUT2D eigenvalue weighted by atomic mass is 9.81. The maximum Gasteiger partial charge on any atom is 0.0552 e. The summed E-state index contributed by atoms with van der Waals surface area (Å²) >= 11 is 5.81. The zero-order valence-electron chi connectivity index (χ0n) is 34.7. The van der Waals surface area contributed by atoms with Crippen molar-refractivity contribution >= 4 is 91.7 Å². The van der Waals surface area contributed by atoms with Crippen LogP contribution >= 0.6 is 34.4 Å². The second-order valence-corrected chi connectivity index (χ2v) is 20.0. The predicted octanol–water partition coefficient (Wildman–Crippen LogP) is 17.8. The summed E-state index contributed by atoms with van der Waals surface area (Å²) in [7, 11) is 0. The van der Waals surface area contributed by atoms with Gasteiger partial charge in [-0.2, -0.15) is 0 Å². The van der Waals surface area contributed by atoms with E-state index in [1.807, 2.05) is 34.4 Å². The molecule has 4 heteroatoms. The second-order valence-electron chi connectivity index (χ2n) is 16.7. The molecule has 13 rings (SSSR count). The average Bonchev–Trinajstić information content (AvgIpc) is 4.07. The minimum atomic E-state index is 0.0808. The number of hydrogen-bond acceptors (Lipinski definition) is 4. The van der Waals surface area contributed by atoms with Crippen LogP contribution in [0.5, 0.6) is 0 Å². The highest BCUT2D eigenvalue weighted by atomic mass is 32.2. The quantitative estimate of drug-likeness (QED) is 0.157. The first-order valence-electron chi connectivity index (χ1n) is 21.9. The zero-order valence-corrected chi connectivity index (χ0v) is 37.1. The number of fused-ring (bicyclic) bond motifs is 9. The van der Waals surface area contributed by atoms with Crippen LogP contribution in [0.1, 0.15) is 17.0 Å². The molecule has 3 heterocycles. The minimum Gasteiger partial charge on any atom is -0.312 e. The van der Waals surface area contributed by atoms with Gasteiger partial charge in [0.2, 0.25) is 0 Å². The summed E-state index contributed by atoms with van der Waals surface area (Å²) in [5.41, 5.74) is 15.0. The SMILES string of the molecule is C1=CC2Sc3c(-c4ccccc4)cccc3C2C(N(c2ccc3sc4ccccc4c3c2)c2ccc(-c3ccccc3)c3sc4cc(-c5ccccc5)ccc4c23)=C1c1ccccc1. The van der Waals surface area contributed by atoms with Gasteiger partial charge in [0.15, 0.2) is 0 Å². The Morgan fingerprint density at radius 2 is 1.09 bits per heavy atom. The number of rotatable bonds is 7. The van der Waals surface area contributed by atoms with Gasteiger partial charge in [0, 0.05) is 73.4 Å². The Bertz CT molecular complexity index is 3640. The molecule has 11 aromatic rings. The van der Waals surface area contributed by atoms with Crippen molar-refractivity contribution in [1.29, 1.82) is 0 Å². The van der Waals surface area contributed by atoms with Gasteiger partial charge in [-0.3, -0.25) is 0 Å². The van der Waals surface area contributed by atoms with E-state index in [1.165, 1.54) is 112 Å². The van der Waals surface area contributed by atoms with E-state index in [1.54, 1.807) is 0 Å². The average molecular weight is 870 g/mol. The fourth-order valence-electron chi connectivity index (χ4n) is 10.1. The zero-order chi connectivity index (χ0) is 42.1. The van der Waals surface area contributed by atoms with E-state index in [0.717, 1.165) is 0 Å². The van der Waals surface area contributed by atoms with Crippen LogP contribution in [0.2, 0.25) is 0 Å². The molecule has 0 spiro atoms. The first-order valence-corrected chi connectivity index (χ1v) is 24.4. The van der Waals surface area contributed by atoms with E-state index >= 15 is 0 Å². The van der Waals surface area contributed by atoms with Crippen LogP contribution in [0.15, 0.2) is 235 Å². The summed E-state index contributed by atoms with van der Waals surface area (Å²) in [5, 5.41) is 5.36. The summed E-state index contributed by atoms with van der Waals surface area (Å²) in [5.74, 6) is 0.0808. The van der Waals surface area contributed by atoms with E-state index in [-0.39, 0.29) is 11.2 Å². The fourth-order valence-corrected chi connectivity index (χ4v) is 14.0. The number of anilines is 2. The lowest BCUT2D eigenvalue weighted by Crippen LogP contribution is -2.28. The molecule has 0 amide bonds. The van der Waals surface area contributed by atoms with Crippen molar-refractivity contribution in [3.63, 3.8) is 0 Å². The Morgan fingerprint density at radius 1 is 0.422 bits per heavy atom. The topological polar surface area (TPSA) is 3.24 Å². The summed E-state index contributed by atoms with van der Waals surface area (Å²) < 4.78 is 5.20. The van der Waals surface area contributed by atoms with Crippen molar-refractivity contribution in [2.45, 2.75) is 16.1 Å². The molecule has 2 unspecified atom stereocenters. The lowest BCUT2D eigenvalue weighted by molar-refractivity contribution is 0.801. The van der Waals surface area contributed by atoms with Crippen molar-refractivity contribution in [2.24, 2.45) is 0 Å². The number of thioether (sulfide) groups is 1. The van der Waals surface area contributed by atoms with Crippen LogP contribution in [-0.2, 0) is 0 Å². The molecule has 0 saturated heterocycles. The van der Waals surface area contributed by atoms with E-state index < -0.39 is 0 Å². The monoisotopic (exact) mass is 869 g/mol. The van der Waals surface area contributed by atoms with Gasteiger partial charge in [-0.15, -0.1) is 34.4 Å². The molecule has 1 aliphatic heterocycles. The summed E-state index contributed by atoms with van der Waals surface area (Å²) in [6.45, 7) is 0. The van der Waals surface area contributed by atoms with Gasteiger partial charge >= 0.3 is 0 Å². The molecule has 0 bridgehead atoms. The fraction of sp³-hybridized carbons (Fsp3) is 0.0333. The van der Waals surface area contributed by atoms with Crippen molar-refractivity contribution in [1.82, 2.24) is 0 Å². The van der Waals surface area contributed by atoms with Crippen molar-refractivity contribution < 1.29 is 0 Å². The van der Waals surface area contributed by atoms with Crippen LogP contribution < -0.4 is 4.90 Å². The van der Waals surface area contributed by atoms with Crippen LogP contribution in [0.4, 0.5) is 11.4 Å². The van der Waals surface area contributed by atoms with E-state index in [0.29, 0.717) is 0 Å². The van der Waals surface area contributed by atoms with Gasteiger partial charge in [-0.25, -0.2) is 0 Å². The molecule has 0 saturated carbocycles. The Kier molecular flexibility index (Phi) is 9.04. The van der Waals surface area contributed by atoms with Crippen LogP contribution in [0.25, 0.3) is 79.3 Å². The Hall–Kier alpha value is -6.95. The molecule has 0 fully saturated rings. The molecular weight excluding hydrogens is 831 g/mol. The summed E-state index contributed by atoms with van der Waals surface area (Å²) in [6.07, 6.45) is 4.90. The maximum absolute atomic E-state index is 2.68. The smallest absolute Gasteiger partial charge is 0.0552 e. The van der Waals surface area contributed by atoms with Gasteiger partial charge in [-0.05, 0) is 80.9 Å². The minimum absolute atomic E-state index is 0.0808. The molecule has 2 aliphatic rings. The Labute approximate surface area is 384 Å². The normalized spacial score (nSPS) is 15.6. The van der Waals surface area contributed by atoms with Crippen molar-refractivity contribution in [3.8, 4) is 33.4 Å². The highest BCUT2D eigenvalue weighted by molar-refractivity contribution is 8.00. The molecule has 1 aliphatic carbocycles. The van der Waals surface area contributed by atoms with E-state index in [4.69, 9.17) is 0 Å². The largest absolute Gasteiger partial charge is 0.312 e. The number of hydrogen-bond donors (Lipinski definition) is 0. The Morgan fingerprint density at radius 3 is 1.86 bits per heavy atom. The first kappa shape index (κ1) is 37.6.